The molecule has 1 amide bonds. The minimum Gasteiger partial charge on any atom is -0.444 e. The van der Waals surface area contributed by atoms with Crippen molar-refractivity contribution in [3.8, 4) is 0 Å². The van der Waals surface area contributed by atoms with Gasteiger partial charge in [-0.2, -0.15) is 0 Å². The molecule has 1 aromatic carbocycles. The van der Waals surface area contributed by atoms with Crippen LogP contribution in [0.15, 0.2) is 42.0 Å². The Morgan fingerprint density at radius 3 is 2.45 bits per heavy atom. The normalized spacial score (nSPS) is 21.6. The molecule has 0 aromatic heterocycles. The minimum atomic E-state index is -0.531. The van der Waals surface area contributed by atoms with Gasteiger partial charge >= 0.3 is 6.09 Å². The van der Waals surface area contributed by atoms with Crippen LogP contribution in [0, 0.1) is 0 Å². The maximum absolute atomic E-state index is 12.6. The van der Waals surface area contributed by atoms with Gasteiger partial charge in [-0.3, -0.25) is 4.90 Å². The molecule has 0 N–H and O–H groups in total. The molecule has 1 fully saturated rings. The molecule has 0 aliphatic carbocycles. The number of hydrogen-bond acceptors (Lipinski definition) is 3. The summed E-state index contributed by atoms with van der Waals surface area (Å²) in [5, 5.41) is 0. The van der Waals surface area contributed by atoms with E-state index in [0.29, 0.717) is 6.61 Å². The summed E-state index contributed by atoms with van der Waals surface area (Å²) in [6.45, 7) is 10.1. The van der Waals surface area contributed by atoms with E-state index in [2.05, 4.69) is 0 Å². The average molecular weight is 303 g/mol. The highest BCUT2D eigenvalue weighted by molar-refractivity contribution is 5.70. The first-order chi connectivity index (χ1) is 10.3. The number of benzene rings is 1. The molecule has 1 aliphatic heterocycles. The quantitative estimate of drug-likeness (QED) is 0.765. The summed E-state index contributed by atoms with van der Waals surface area (Å²) < 4.78 is 11.4. The maximum Gasteiger partial charge on any atom is 0.413 e. The van der Waals surface area contributed by atoms with Crippen molar-refractivity contribution < 1.29 is 14.3 Å². The second-order valence-electron chi connectivity index (χ2n) is 6.78. The summed E-state index contributed by atoms with van der Waals surface area (Å²) in [7, 11) is 0. The summed E-state index contributed by atoms with van der Waals surface area (Å²) in [5.41, 5.74) is 1.63. The van der Waals surface area contributed by atoms with E-state index in [9.17, 15) is 4.79 Å². The topological polar surface area (TPSA) is 38.8 Å². The number of allylic oxidation sites excluding steroid dienone is 1. The smallest absolute Gasteiger partial charge is 0.413 e. The molecule has 0 saturated carbocycles. The van der Waals surface area contributed by atoms with Crippen molar-refractivity contribution >= 4 is 6.09 Å². The fourth-order valence-electron chi connectivity index (χ4n) is 2.42. The predicted molar refractivity (Wildman–Crippen MR) is 86.4 cm³/mol. The Labute approximate surface area is 132 Å². The molecule has 4 heteroatoms. The Balaban J connectivity index is 2.30. The zero-order valence-electron chi connectivity index (χ0n) is 14.0. The first kappa shape index (κ1) is 16.6. The molecule has 0 unspecified atom stereocenters. The standard InChI is InChI=1S/C18H25NO3/c1-13(2)11-16-19(17(20)22-18(3,4)5)15(12-21-16)14-9-7-6-8-10-14/h6-11,15-16H,12H2,1-5H3/t15-,16+/m1/s1. The van der Waals surface area contributed by atoms with Crippen molar-refractivity contribution in [3.63, 3.8) is 0 Å². The van der Waals surface area contributed by atoms with Crippen molar-refractivity contribution in [2.45, 2.75) is 52.5 Å². The van der Waals surface area contributed by atoms with Crippen LogP contribution in [0.25, 0.3) is 0 Å². The van der Waals surface area contributed by atoms with Gasteiger partial charge in [0.15, 0.2) is 6.23 Å². The summed E-state index contributed by atoms with van der Waals surface area (Å²) in [6.07, 6.45) is 1.22. The third-order valence-electron chi connectivity index (χ3n) is 3.30. The summed E-state index contributed by atoms with van der Waals surface area (Å²) in [5.74, 6) is 0. The van der Waals surface area contributed by atoms with Crippen molar-refractivity contribution in [1.82, 2.24) is 4.90 Å². The van der Waals surface area contributed by atoms with Gasteiger partial charge in [-0.15, -0.1) is 0 Å². The molecular weight excluding hydrogens is 278 g/mol. The van der Waals surface area contributed by atoms with E-state index in [1.807, 2.05) is 71.0 Å². The van der Waals surface area contributed by atoms with Gasteiger partial charge < -0.3 is 9.47 Å². The van der Waals surface area contributed by atoms with E-state index in [4.69, 9.17) is 9.47 Å². The lowest BCUT2D eigenvalue weighted by Gasteiger charge is -2.30. The average Bonchev–Trinajstić information content (AvgIpc) is 2.80. The second kappa shape index (κ2) is 6.53. The van der Waals surface area contributed by atoms with Gasteiger partial charge in [0.25, 0.3) is 0 Å². The van der Waals surface area contributed by atoms with Gasteiger partial charge in [-0.05, 0) is 46.3 Å². The fraction of sp³-hybridized carbons (Fsp3) is 0.500. The third kappa shape index (κ3) is 4.10. The van der Waals surface area contributed by atoms with Crippen molar-refractivity contribution in [3.05, 3.63) is 47.5 Å². The number of ether oxygens (including phenoxy) is 2. The predicted octanol–water partition coefficient (Wildman–Crippen LogP) is 4.29. The molecule has 2 rings (SSSR count). The number of amides is 1. The van der Waals surface area contributed by atoms with Gasteiger partial charge in [0.1, 0.15) is 5.60 Å². The highest BCUT2D eigenvalue weighted by Crippen LogP contribution is 2.32. The third-order valence-corrected chi connectivity index (χ3v) is 3.30. The SMILES string of the molecule is CC(C)=C[C@@H]1OC[C@H](c2ccccc2)N1C(=O)OC(C)(C)C. The number of rotatable bonds is 2. The Bertz CT molecular complexity index is 541. The molecule has 1 saturated heterocycles. The number of carbonyl (C=O) groups is 1. The maximum atomic E-state index is 12.6. The largest absolute Gasteiger partial charge is 0.444 e. The van der Waals surface area contributed by atoms with Gasteiger partial charge in [0.05, 0.1) is 12.6 Å². The Hall–Kier alpha value is -1.81. The van der Waals surface area contributed by atoms with Crippen LogP contribution < -0.4 is 0 Å². The first-order valence-corrected chi connectivity index (χ1v) is 7.61. The molecule has 1 aromatic rings. The van der Waals surface area contributed by atoms with Crippen LogP contribution in [0.2, 0.25) is 0 Å². The highest BCUT2D eigenvalue weighted by atomic mass is 16.6. The highest BCUT2D eigenvalue weighted by Gasteiger charge is 2.40. The second-order valence-corrected chi connectivity index (χ2v) is 6.78. The van der Waals surface area contributed by atoms with Crippen LogP contribution in [0.5, 0.6) is 0 Å². The summed E-state index contributed by atoms with van der Waals surface area (Å²) in [6, 6.07) is 9.79. The first-order valence-electron chi connectivity index (χ1n) is 7.61. The van der Waals surface area contributed by atoms with Crippen LogP contribution in [-0.4, -0.2) is 29.4 Å². The van der Waals surface area contributed by atoms with Gasteiger partial charge in [0, 0.05) is 0 Å². The van der Waals surface area contributed by atoms with E-state index < -0.39 is 5.60 Å². The summed E-state index contributed by atoms with van der Waals surface area (Å²) >= 11 is 0. The lowest BCUT2D eigenvalue weighted by molar-refractivity contribution is 0.000790. The molecule has 1 aliphatic rings. The Morgan fingerprint density at radius 2 is 1.91 bits per heavy atom. The molecule has 1 heterocycles. The molecule has 22 heavy (non-hydrogen) atoms. The van der Waals surface area contributed by atoms with E-state index in [0.717, 1.165) is 11.1 Å². The lowest BCUT2D eigenvalue weighted by Crippen LogP contribution is -2.41. The van der Waals surface area contributed by atoms with E-state index in [1.54, 1.807) is 4.90 Å². The summed E-state index contributed by atoms with van der Waals surface area (Å²) in [4.78, 5) is 14.3. The number of nitrogens with zero attached hydrogens (tertiary/aromatic N) is 1. The minimum absolute atomic E-state index is 0.128. The zero-order chi connectivity index (χ0) is 16.3. The van der Waals surface area contributed by atoms with E-state index in [1.165, 1.54) is 0 Å². The molecule has 0 radical (unpaired) electrons. The lowest BCUT2D eigenvalue weighted by atomic mass is 10.1. The molecule has 4 nitrogen and oxygen atoms in total. The zero-order valence-corrected chi connectivity index (χ0v) is 14.0. The van der Waals surface area contributed by atoms with E-state index >= 15 is 0 Å². The molecule has 2 atom stereocenters. The van der Waals surface area contributed by atoms with Crippen LogP contribution >= 0.6 is 0 Å². The van der Waals surface area contributed by atoms with Crippen LogP contribution in [-0.2, 0) is 9.47 Å². The number of carbonyl (C=O) groups excluding carboxylic acids is 1. The van der Waals surface area contributed by atoms with Crippen molar-refractivity contribution in [2.24, 2.45) is 0 Å². The Kier molecular flexibility index (Phi) is 4.91. The van der Waals surface area contributed by atoms with Crippen molar-refractivity contribution in [1.29, 1.82) is 0 Å². The van der Waals surface area contributed by atoms with Gasteiger partial charge in [-0.25, -0.2) is 4.79 Å². The fourth-order valence-corrected chi connectivity index (χ4v) is 2.42. The Morgan fingerprint density at radius 1 is 1.27 bits per heavy atom. The van der Waals surface area contributed by atoms with E-state index in [-0.39, 0.29) is 18.4 Å². The molecular formula is C18H25NO3. The van der Waals surface area contributed by atoms with Crippen molar-refractivity contribution in [2.75, 3.05) is 6.61 Å². The number of hydrogen-bond donors (Lipinski definition) is 0. The van der Waals surface area contributed by atoms with Gasteiger partial charge in [-0.1, -0.05) is 35.9 Å². The van der Waals surface area contributed by atoms with Gasteiger partial charge in [0.2, 0.25) is 0 Å². The molecule has 0 spiro atoms. The molecule has 0 bridgehead atoms. The monoisotopic (exact) mass is 303 g/mol. The van der Waals surface area contributed by atoms with Crippen LogP contribution in [0.3, 0.4) is 0 Å². The molecule has 120 valence electrons. The van der Waals surface area contributed by atoms with Crippen LogP contribution in [0.4, 0.5) is 4.79 Å². The van der Waals surface area contributed by atoms with Crippen LogP contribution in [0.1, 0.15) is 46.2 Å².